The molecule has 0 heterocycles. The highest BCUT2D eigenvalue weighted by molar-refractivity contribution is 5.88. The first-order chi connectivity index (χ1) is 10.7. The summed E-state index contributed by atoms with van der Waals surface area (Å²) in [7, 11) is 1.59. The number of carbonyl (C=O) groups excluding carboxylic acids is 5. The lowest BCUT2D eigenvalue weighted by molar-refractivity contribution is -0.127. The molecule has 9 nitrogen and oxygen atoms in total. The number of carbonyl (C=O) groups is 5. The van der Waals surface area contributed by atoms with Crippen molar-refractivity contribution in [2.75, 3.05) is 20.1 Å². The molecule has 0 bridgehead atoms. The molecular weight excluding hydrogens is 304 g/mol. The lowest BCUT2D eigenvalue weighted by Crippen LogP contribution is -2.53. The smallest absolute Gasteiger partial charge is 0.239 e. The summed E-state index contributed by atoms with van der Waals surface area (Å²) in [5, 5.41) is 10.3. The Morgan fingerprint density at radius 2 is 1.39 bits per heavy atom. The van der Waals surface area contributed by atoms with E-state index >= 15 is 0 Å². The molecule has 0 saturated carbocycles. The Hall–Kier alpha value is -2.29. The first-order valence-corrected chi connectivity index (χ1v) is 7.06. The van der Waals surface area contributed by atoms with Crippen LogP contribution in [0.1, 0.15) is 27.7 Å². The number of amides is 3. The maximum Gasteiger partial charge on any atom is 0.239 e. The minimum Gasteiger partial charge on any atom is -0.354 e. The molecule has 0 aliphatic heterocycles. The van der Waals surface area contributed by atoms with Crippen molar-refractivity contribution in [2.24, 2.45) is 0 Å². The van der Waals surface area contributed by atoms with E-state index < -0.39 is 12.1 Å². The molecule has 0 aromatic carbocycles. The molecule has 0 saturated heterocycles. The molecule has 4 N–H and O–H groups in total. The van der Waals surface area contributed by atoms with Gasteiger partial charge in [0.2, 0.25) is 17.7 Å². The molecule has 2 unspecified atom stereocenters. The first kappa shape index (κ1) is 23.0. The fourth-order valence-electron chi connectivity index (χ4n) is 1.44. The molecule has 132 valence electrons. The van der Waals surface area contributed by atoms with Crippen LogP contribution in [0.5, 0.6) is 0 Å². The Morgan fingerprint density at radius 3 is 1.74 bits per heavy atom. The highest BCUT2D eigenvalue weighted by Gasteiger charge is 2.20. The zero-order valence-corrected chi connectivity index (χ0v) is 14.2. The molecule has 2 atom stereocenters. The topological polar surface area (TPSA) is 133 Å². The highest BCUT2D eigenvalue weighted by Crippen LogP contribution is 1.88. The molecule has 0 aliphatic rings. The van der Waals surface area contributed by atoms with Gasteiger partial charge in [-0.2, -0.15) is 0 Å². The highest BCUT2D eigenvalue weighted by atomic mass is 16.2. The lowest BCUT2D eigenvalue weighted by atomic mass is 10.2. The van der Waals surface area contributed by atoms with E-state index in [0.29, 0.717) is 0 Å². The van der Waals surface area contributed by atoms with Crippen molar-refractivity contribution < 1.29 is 24.0 Å². The number of likely N-dealkylation sites (N-methyl/N-ethyl adjacent to an activating group) is 1. The molecule has 0 radical (unpaired) electrons. The van der Waals surface area contributed by atoms with Gasteiger partial charge in [-0.1, -0.05) is 0 Å². The van der Waals surface area contributed by atoms with Gasteiger partial charge in [-0.15, -0.1) is 0 Å². The minimum atomic E-state index is -0.755. The van der Waals surface area contributed by atoms with Gasteiger partial charge in [-0.05, 0) is 20.9 Å². The zero-order chi connectivity index (χ0) is 18.4. The zero-order valence-electron chi connectivity index (χ0n) is 14.2. The van der Waals surface area contributed by atoms with Crippen LogP contribution in [0.4, 0.5) is 0 Å². The van der Waals surface area contributed by atoms with E-state index in [1.807, 2.05) is 0 Å². The van der Waals surface area contributed by atoms with Crippen LogP contribution in [-0.4, -0.2) is 62.0 Å². The van der Waals surface area contributed by atoms with Gasteiger partial charge >= 0.3 is 0 Å². The van der Waals surface area contributed by atoms with Crippen LogP contribution in [-0.2, 0) is 24.0 Å². The Morgan fingerprint density at radius 1 is 0.913 bits per heavy atom. The summed E-state index contributed by atoms with van der Waals surface area (Å²) in [6.07, 6.45) is 0.750. The van der Waals surface area contributed by atoms with Gasteiger partial charge in [-0.25, -0.2) is 0 Å². The van der Waals surface area contributed by atoms with Crippen LogP contribution in [0.15, 0.2) is 0 Å². The van der Waals surface area contributed by atoms with E-state index in [2.05, 4.69) is 21.3 Å². The van der Waals surface area contributed by atoms with Crippen LogP contribution in [0, 0.1) is 0 Å². The van der Waals surface area contributed by atoms with Crippen molar-refractivity contribution in [3.63, 3.8) is 0 Å². The standard InChI is InChI=1S/C12H22N4O4.C2H4O/c1-7(17)10(16-9(3)19)5-15-12(20)11(13-4)6-14-8(2)18;1-2-3/h10-11,13H,5-6H2,1-4H3,(H,14,18)(H,15,20)(H,16,19);2H,1H3. The van der Waals surface area contributed by atoms with Crippen LogP contribution >= 0.6 is 0 Å². The van der Waals surface area contributed by atoms with Crippen molar-refractivity contribution in [1.29, 1.82) is 0 Å². The second-order valence-electron chi connectivity index (χ2n) is 4.62. The Bertz CT molecular complexity index is 425. The van der Waals surface area contributed by atoms with Crippen molar-refractivity contribution in [2.45, 2.75) is 39.8 Å². The summed E-state index contributed by atoms with van der Waals surface area (Å²) in [6.45, 7) is 5.58. The van der Waals surface area contributed by atoms with Crippen LogP contribution in [0.3, 0.4) is 0 Å². The summed E-state index contributed by atoms with van der Waals surface area (Å²) < 4.78 is 0. The normalized spacial score (nSPS) is 11.9. The fourth-order valence-corrected chi connectivity index (χ4v) is 1.44. The average Bonchev–Trinajstić information content (AvgIpc) is 2.43. The Labute approximate surface area is 135 Å². The molecule has 23 heavy (non-hydrogen) atoms. The molecule has 0 aromatic heterocycles. The van der Waals surface area contributed by atoms with Gasteiger partial charge in [0.15, 0.2) is 5.78 Å². The summed E-state index contributed by atoms with van der Waals surface area (Å²) in [5.74, 6) is -1.19. The van der Waals surface area contributed by atoms with E-state index in [9.17, 15) is 19.2 Å². The van der Waals surface area contributed by atoms with Gasteiger partial charge in [0.05, 0.1) is 0 Å². The van der Waals surface area contributed by atoms with E-state index in [0.717, 1.165) is 6.29 Å². The molecule has 0 spiro atoms. The molecule has 0 aromatic rings. The minimum absolute atomic E-state index is 0.00595. The van der Waals surface area contributed by atoms with E-state index in [4.69, 9.17) is 4.79 Å². The summed E-state index contributed by atoms with van der Waals surface area (Å²) in [5.41, 5.74) is 0. The monoisotopic (exact) mass is 330 g/mol. The van der Waals surface area contributed by atoms with E-state index in [1.165, 1.54) is 27.7 Å². The van der Waals surface area contributed by atoms with Gasteiger partial charge in [0.25, 0.3) is 0 Å². The second-order valence-corrected chi connectivity index (χ2v) is 4.62. The number of aldehydes is 1. The molecule has 0 fully saturated rings. The predicted octanol–water partition coefficient (Wildman–Crippen LogP) is -1.87. The van der Waals surface area contributed by atoms with Crippen LogP contribution in [0.25, 0.3) is 0 Å². The predicted molar refractivity (Wildman–Crippen MR) is 84.6 cm³/mol. The number of hydrogen-bond acceptors (Lipinski definition) is 6. The molecule has 9 heteroatoms. The van der Waals surface area contributed by atoms with E-state index in [1.54, 1.807) is 7.05 Å². The number of Topliss-reactive ketones (excluding diaryl/α,β-unsaturated/α-hetero) is 1. The third kappa shape index (κ3) is 13.1. The second kappa shape index (κ2) is 13.4. The maximum absolute atomic E-state index is 11.9. The van der Waals surface area contributed by atoms with Gasteiger partial charge in [0, 0.05) is 26.9 Å². The number of ketones is 1. The molecule has 0 rings (SSSR count). The van der Waals surface area contributed by atoms with Crippen molar-refractivity contribution >= 4 is 29.8 Å². The quantitative estimate of drug-likeness (QED) is 0.385. The van der Waals surface area contributed by atoms with Gasteiger partial charge < -0.3 is 26.1 Å². The lowest BCUT2D eigenvalue weighted by Gasteiger charge is -2.19. The average molecular weight is 330 g/mol. The van der Waals surface area contributed by atoms with Gasteiger partial charge in [0.1, 0.15) is 18.4 Å². The van der Waals surface area contributed by atoms with Crippen LogP contribution < -0.4 is 21.3 Å². The SMILES string of the molecule is CC=O.CNC(CNC(C)=O)C(=O)NCC(NC(C)=O)C(C)=O. The number of rotatable bonds is 8. The molecule has 0 aliphatic carbocycles. The summed E-state index contributed by atoms with van der Waals surface area (Å²) >= 11 is 0. The summed E-state index contributed by atoms with van der Waals surface area (Å²) in [4.78, 5) is 53.7. The van der Waals surface area contributed by atoms with E-state index in [-0.39, 0.29) is 36.6 Å². The Balaban J connectivity index is 0. The van der Waals surface area contributed by atoms with Crippen molar-refractivity contribution in [3.05, 3.63) is 0 Å². The van der Waals surface area contributed by atoms with Crippen LogP contribution in [0.2, 0.25) is 0 Å². The largest absolute Gasteiger partial charge is 0.354 e. The molecular formula is C14H26N4O5. The van der Waals surface area contributed by atoms with Crippen molar-refractivity contribution in [3.8, 4) is 0 Å². The number of nitrogens with one attached hydrogen (secondary N) is 4. The Kier molecular flexibility index (Phi) is 13.4. The third-order valence-corrected chi connectivity index (χ3v) is 2.57. The maximum atomic E-state index is 11.9. The summed E-state index contributed by atoms with van der Waals surface area (Å²) in [6, 6.07) is -1.36. The third-order valence-electron chi connectivity index (χ3n) is 2.57. The van der Waals surface area contributed by atoms with Crippen molar-refractivity contribution in [1.82, 2.24) is 21.3 Å². The first-order valence-electron chi connectivity index (χ1n) is 7.06. The van der Waals surface area contributed by atoms with Gasteiger partial charge in [-0.3, -0.25) is 19.2 Å². The fraction of sp³-hybridized carbons (Fsp3) is 0.643. The molecule has 3 amide bonds. The number of hydrogen-bond donors (Lipinski definition) is 4.